The smallest absolute Gasteiger partial charge is 0.221 e. The van der Waals surface area contributed by atoms with E-state index in [1.807, 2.05) is 27.8 Å². The van der Waals surface area contributed by atoms with Gasteiger partial charge in [0.15, 0.2) is 0 Å². The van der Waals surface area contributed by atoms with Crippen molar-refractivity contribution in [3.8, 4) is 0 Å². The number of hydrogen-bond acceptors (Lipinski definition) is 5. The van der Waals surface area contributed by atoms with E-state index in [0.29, 0.717) is 13.0 Å². The number of rotatable bonds is 6. The van der Waals surface area contributed by atoms with Crippen LogP contribution in [0.3, 0.4) is 0 Å². The minimum absolute atomic E-state index is 0.0399. The lowest BCUT2D eigenvalue weighted by Crippen LogP contribution is -2.31. The Balaban J connectivity index is 2.47. The van der Waals surface area contributed by atoms with Gasteiger partial charge in [-0.1, -0.05) is 0 Å². The summed E-state index contributed by atoms with van der Waals surface area (Å²) in [6, 6.07) is 0.175. The fourth-order valence-electron chi connectivity index (χ4n) is 1.57. The van der Waals surface area contributed by atoms with Gasteiger partial charge in [-0.25, -0.2) is 9.97 Å². The molecule has 0 spiro atoms. The minimum Gasteiger partial charge on any atom is -0.373 e. The van der Waals surface area contributed by atoms with Gasteiger partial charge >= 0.3 is 0 Å². The first-order valence-corrected chi connectivity index (χ1v) is 6.07. The molecule has 1 heterocycles. The number of carbonyl (C=O) groups excluding carboxylic acids is 1. The van der Waals surface area contributed by atoms with E-state index in [2.05, 4.69) is 25.9 Å². The third-order valence-corrected chi connectivity index (χ3v) is 2.42. The largest absolute Gasteiger partial charge is 0.373 e. The Kier molecular flexibility index (Phi) is 5.35. The van der Waals surface area contributed by atoms with Crippen LogP contribution in [0.15, 0.2) is 6.33 Å². The Labute approximate surface area is 108 Å². The lowest BCUT2D eigenvalue weighted by molar-refractivity contribution is -0.121. The predicted octanol–water partition coefficient (Wildman–Crippen LogP) is 1.15. The first kappa shape index (κ1) is 14.2. The van der Waals surface area contributed by atoms with Gasteiger partial charge in [-0.15, -0.1) is 0 Å². The van der Waals surface area contributed by atoms with E-state index < -0.39 is 0 Å². The van der Waals surface area contributed by atoms with Crippen LogP contribution in [0, 0.1) is 6.92 Å². The number of nitrogens with zero attached hydrogens (tertiary/aromatic N) is 2. The van der Waals surface area contributed by atoms with Crippen LogP contribution in [-0.4, -0.2) is 35.5 Å². The van der Waals surface area contributed by atoms with E-state index in [4.69, 9.17) is 0 Å². The molecule has 1 amide bonds. The van der Waals surface area contributed by atoms with Gasteiger partial charge in [-0.05, 0) is 20.8 Å². The average molecular weight is 251 g/mol. The van der Waals surface area contributed by atoms with Crippen LogP contribution in [0.2, 0.25) is 0 Å². The third-order valence-electron chi connectivity index (χ3n) is 2.42. The molecule has 0 aliphatic rings. The molecule has 0 aromatic carbocycles. The number of nitrogens with one attached hydrogen (secondary N) is 3. The molecule has 100 valence electrons. The Morgan fingerprint density at radius 3 is 2.61 bits per heavy atom. The first-order chi connectivity index (χ1) is 8.54. The van der Waals surface area contributed by atoms with Gasteiger partial charge in [0.05, 0.1) is 0 Å². The first-order valence-electron chi connectivity index (χ1n) is 6.07. The fraction of sp³-hybridized carbons (Fsp3) is 0.583. The summed E-state index contributed by atoms with van der Waals surface area (Å²) in [4.78, 5) is 19.7. The molecule has 0 atom stereocenters. The lowest BCUT2D eigenvalue weighted by Gasteiger charge is -2.11. The van der Waals surface area contributed by atoms with Crippen molar-refractivity contribution in [1.29, 1.82) is 0 Å². The van der Waals surface area contributed by atoms with Gasteiger partial charge in [0.1, 0.15) is 18.0 Å². The minimum atomic E-state index is 0.0399. The van der Waals surface area contributed by atoms with E-state index in [0.717, 1.165) is 17.2 Å². The molecular weight excluding hydrogens is 230 g/mol. The molecule has 0 unspecified atom stereocenters. The van der Waals surface area contributed by atoms with Gasteiger partial charge in [-0.2, -0.15) is 0 Å². The van der Waals surface area contributed by atoms with Crippen LogP contribution in [-0.2, 0) is 4.79 Å². The summed E-state index contributed by atoms with van der Waals surface area (Å²) >= 11 is 0. The Hall–Kier alpha value is -1.85. The van der Waals surface area contributed by atoms with E-state index in [-0.39, 0.29) is 11.9 Å². The zero-order valence-corrected chi connectivity index (χ0v) is 11.4. The van der Waals surface area contributed by atoms with Crippen molar-refractivity contribution in [2.45, 2.75) is 33.2 Å². The zero-order chi connectivity index (χ0) is 13.5. The standard InChI is InChI=1S/C12H21N5O/c1-8(2)17-10(18)5-6-14-12-9(3)11(13-4)15-7-16-12/h7-8H,5-6H2,1-4H3,(H,17,18)(H2,13,14,15,16). The molecule has 0 radical (unpaired) electrons. The number of hydrogen-bond donors (Lipinski definition) is 3. The molecule has 18 heavy (non-hydrogen) atoms. The van der Waals surface area contributed by atoms with Crippen molar-refractivity contribution in [2.75, 3.05) is 24.2 Å². The maximum absolute atomic E-state index is 11.5. The summed E-state index contributed by atoms with van der Waals surface area (Å²) in [5, 5.41) is 8.97. The molecule has 0 saturated heterocycles. The van der Waals surface area contributed by atoms with Gasteiger partial charge < -0.3 is 16.0 Å². The highest BCUT2D eigenvalue weighted by atomic mass is 16.1. The second-order valence-corrected chi connectivity index (χ2v) is 4.34. The molecule has 0 bridgehead atoms. The highest BCUT2D eigenvalue weighted by Gasteiger charge is 2.06. The van der Waals surface area contributed by atoms with Gasteiger partial charge in [0.25, 0.3) is 0 Å². The number of amides is 1. The monoisotopic (exact) mass is 251 g/mol. The molecule has 1 rings (SSSR count). The molecule has 0 aliphatic carbocycles. The maximum atomic E-state index is 11.5. The summed E-state index contributed by atoms with van der Waals surface area (Å²) < 4.78 is 0. The highest BCUT2D eigenvalue weighted by molar-refractivity contribution is 5.76. The second-order valence-electron chi connectivity index (χ2n) is 4.34. The van der Waals surface area contributed by atoms with Crippen molar-refractivity contribution in [3.05, 3.63) is 11.9 Å². The Morgan fingerprint density at radius 2 is 2.00 bits per heavy atom. The normalized spacial score (nSPS) is 10.3. The van der Waals surface area contributed by atoms with Crippen molar-refractivity contribution in [2.24, 2.45) is 0 Å². The number of carbonyl (C=O) groups is 1. The van der Waals surface area contributed by atoms with Gasteiger partial charge in [0.2, 0.25) is 5.91 Å². The van der Waals surface area contributed by atoms with E-state index in [1.165, 1.54) is 6.33 Å². The van der Waals surface area contributed by atoms with Crippen LogP contribution in [0.25, 0.3) is 0 Å². The molecule has 0 fully saturated rings. The van der Waals surface area contributed by atoms with Crippen LogP contribution in [0.5, 0.6) is 0 Å². The summed E-state index contributed by atoms with van der Waals surface area (Å²) in [5.41, 5.74) is 0.948. The molecule has 1 aromatic rings. The average Bonchev–Trinajstić information content (AvgIpc) is 2.30. The summed E-state index contributed by atoms with van der Waals surface area (Å²) in [5.74, 6) is 1.59. The number of anilines is 2. The Morgan fingerprint density at radius 1 is 1.33 bits per heavy atom. The Bertz CT molecular complexity index is 405. The van der Waals surface area contributed by atoms with Crippen molar-refractivity contribution in [1.82, 2.24) is 15.3 Å². The maximum Gasteiger partial charge on any atom is 0.221 e. The summed E-state index contributed by atoms with van der Waals surface area (Å²) in [7, 11) is 1.81. The predicted molar refractivity (Wildman–Crippen MR) is 72.7 cm³/mol. The number of aromatic nitrogens is 2. The van der Waals surface area contributed by atoms with E-state index in [9.17, 15) is 4.79 Å². The molecule has 6 heteroatoms. The van der Waals surface area contributed by atoms with Crippen molar-refractivity contribution in [3.63, 3.8) is 0 Å². The quantitative estimate of drug-likeness (QED) is 0.707. The van der Waals surface area contributed by atoms with Gasteiger partial charge in [0, 0.05) is 31.6 Å². The fourth-order valence-corrected chi connectivity index (χ4v) is 1.57. The molecular formula is C12H21N5O. The van der Waals surface area contributed by atoms with E-state index in [1.54, 1.807) is 0 Å². The second kappa shape index (κ2) is 6.78. The molecule has 1 aromatic heterocycles. The topological polar surface area (TPSA) is 78.9 Å². The van der Waals surface area contributed by atoms with Crippen LogP contribution >= 0.6 is 0 Å². The lowest BCUT2D eigenvalue weighted by atomic mass is 10.3. The van der Waals surface area contributed by atoms with Crippen molar-refractivity contribution >= 4 is 17.5 Å². The highest BCUT2D eigenvalue weighted by Crippen LogP contribution is 2.16. The van der Waals surface area contributed by atoms with Crippen molar-refractivity contribution < 1.29 is 4.79 Å². The summed E-state index contributed by atoms with van der Waals surface area (Å²) in [6.07, 6.45) is 1.92. The SMILES string of the molecule is CNc1ncnc(NCCC(=O)NC(C)C)c1C. The van der Waals surface area contributed by atoms with Crippen LogP contribution < -0.4 is 16.0 Å². The van der Waals surface area contributed by atoms with E-state index >= 15 is 0 Å². The zero-order valence-electron chi connectivity index (χ0n) is 11.4. The molecule has 0 saturated carbocycles. The molecule has 0 aliphatic heterocycles. The molecule has 6 nitrogen and oxygen atoms in total. The van der Waals surface area contributed by atoms with Crippen LogP contribution in [0.1, 0.15) is 25.8 Å². The van der Waals surface area contributed by atoms with Crippen LogP contribution in [0.4, 0.5) is 11.6 Å². The summed E-state index contributed by atoms with van der Waals surface area (Å²) in [6.45, 7) is 6.38. The van der Waals surface area contributed by atoms with Gasteiger partial charge in [-0.3, -0.25) is 4.79 Å². The third kappa shape index (κ3) is 4.20. The molecule has 3 N–H and O–H groups in total.